The van der Waals surface area contributed by atoms with E-state index < -0.39 is 0 Å². The second-order valence-electron chi connectivity index (χ2n) is 3.26. The van der Waals surface area contributed by atoms with Crippen molar-refractivity contribution < 1.29 is 4.79 Å². The minimum absolute atomic E-state index is 0.0875. The number of carbonyl (C=O) groups is 1. The molecular formula is C11H18N4O. The Morgan fingerprint density at radius 1 is 1.00 bits per heavy atom. The molecule has 0 atom stereocenters. The Kier molecular flexibility index (Phi) is 7.61. The van der Waals surface area contributed by atoms with Gasteiger partial charge in [0.05, 0.1) is 25.0 Å². The third-order valence-corrected chi connectivity index (χ3v) is 2.29. The molecular weight excluding hydrogens is 204 g/mol. The number of rotatable bonds is 6. The molecule has 0 fully saturated rings. The van der Waals surface area contributed by atoms with Crippen LogP contribution in [0.15, 0.2) is 0 Å². The van der Waals surface area contributed by atoms with Crippen LogP contribution in [0, 0.1) is 22.7 Å². The fraction of sp³-hybridized carbons (Fsp3) is 0.727. The van der Waals surface area contributed by atoms with Gasteiger partial charge in [-0.05, 0) is 13.8 Å². The normalized spacial score (nSPS) is 9.00. The third kappa shape index (κ3) is 4.65. The van der Waals surface area contributed by atoms with Crippen molar-refractivity contribution in [2.75, 3.05) is 26.2 Å². The van der Waals surface area contributed by atoms with Crippen LogP contribution in [0.1, 0.15) is 26.7 Å². The van der Waals surface area contributed by atoms with Crippen molar-refractivity contribution in [1.82, 2.24) is 9.80 Å². The van der Waals surface area contributed by atoms with Crippen LogP contribution in [0.25, 0.3) is 0 Å². The molecule has 2 amide bonds. The predicted molar refractivity (Wildman–Crippen MR) is 60.4 cm³/mol. The van der Waals surface area contributed by atoms with Crippen molar-refractivity contribution in [1.29, 1.82) is 10.5 Å². The van der Waals surface area contributed by atoms with Gasteiger partial charge in [-0.3, -0.25) is 0 Å². The van der Waals surface area contributed by atoms with Crippen LogP contribution >= 0.6 is 0 Å². The summed E-state index contributed by atoms with van der Waals surface area (Å²) in [5.74, 6) is 0. The maximum Gasteiger partial charge on any atom is 0.320 e. The lowest BCUT2D eigenvalue weighted by Gasteiger charge is -2.28. The van der Waals surface area contributed by atoms with E-state index in [2.05, 4.69) is 0 Å². The summed E-state index contributed by atoms with van der Waals surface area (Å²) < 4.78 is 0. The largest absolute Gasteiger partial charge is 0.325 e. The van der Waals surface area contributed by atoms with E-state index in [-0.39, 0.29) is 6.03 Å². The Labute approximate surface area is 96.9 Å². The molecule has 0 aliphatic rings. The van der Waals surface area contributed by atoms with E-state index in [4.69, 9.17) is 10.5 Å². The first-order valence-electron chi connectivity index (χ1n) is 5.48. The summed E-state index contributed by atoms with van der Waals surface area (Å²) in [6.45, 7) is 5.90. The molecule has 0 heterocycles. The topological polar surface area (TPSA) is 71.1 Å². The Hall–Kier alpha value is -1.75. The Balaban J connectivity index is 4.42. The van der Waals surface area contributed by atoms with Crippen LogP contribution in [-0.4, -0.2) is 42.0 Å². The molecule has 0 aromatic rings. The molecule has 0 aromatic carbocycles. The monoisotopic (exact) mass is 222 g/mol. The van der Waals surface area contributed by atoms with Crippen molar-refractivity contribution in [3.63, 3.8) is 0 Å². The van der Waals surface area contributed by atoms with Crippen LogP contribution in [0.2, 0.25) is 0 Å². The summed E-state index contributed by atoms with van der Waals surface area (Å²) in [4.78, 5) is 15.2. The maximum absolute atomic E-state index is 12.0. The molecule has 88 valence electrons. The van der Waals surface area contributed by atoms with Crippen molar-refractivity contribution in [3.8, 4) is 12.1 Å². The van der Waals surface area contributed by atoms with Gasteiger partial charge in [-0.15, -0.1) is 0 Å². The van der Waals surface area contributed by atoms with Gasteiger partial charge in [-0.1, -0.05) is 0 Å². The second kappa shape index (κ2) is 8.55. The molecule has 0 saturated heterocycles. The quantitative estimate of drug-likeness (QED) is 0.685. The zero-order valence-electron chi connectivity index (χ0n) is 9.94. The van der Waals surface area contributed by atoms with E-state index in [1.165, 1.54) is 0 Å². The highest BCUT2D eigenvalue weighted by Gasteiger charge is 2.17. The summed E-state index contributed by atoms with van der Waals surface area (Å²) in [5, 5.41) is 17.0. The number of urea groups is 1. The molecule has 0 saturated carbocycles. The molecule has 5 nitrogen and oxygen atoms in total. The molecule has 0 unspecified atom stereocenters. The molecule has 0 aliphatic carbocycles. The average Bonchev–Trinajstić information content (AvgIpc) is 2.30. The molecule has 0 aromatic heterocycles. The van der Waals surface area contributed by atoms with Gasteiger partial charge in [0.2, 0.25) is 0 Å². The number of nitriles is 2. The molecule has 0 spiro atoms. The minimum Gasteiger partial charge on any atom is -0.325 e. The number of hydrogen-bond donors (Lipinski definition) is 0. The molecule has 0 rings (SSSR count). The van der Waals surface area contributed by atoms with Gasteiger partial charge < -0.3 is 9.80 Å². The lowest BCUT2D eigenvalue weighted by atomic mass is 10.3. The van der Waals surface area contributed by atoms with Gasteiger partial charge in [0.25, 0.3) is 0 Å². The van der Waals surface area contributed by atoms with Crippen LogP contribution < -0.4 is 0 Å². The summed E-state index contributed by atoms with van der Waals surface area (Å²) in [6, 6.07) is 3.93. The highest BCUT2D eigenvalue weighted by atomic mass is 16.2. The van der Waals surface area contributed by atoms with Gasteiger partial charge in [0.15, 0.2) is 0 Å². The number of hydrogen-bond acceptors (Lipinski definition) is 3. The first-order valence-corrected chi connectivity index (χ1v) is 5.48. The van der Waals surface area contributed by atoms with Crippen molar-refractivity contribution >= 4 is 6.03 Å². The first kappa shape index (κ1) is 14.2. The number of amides is 2. The van der Waals surface area contributed by atoms with Crippen LogP contribution in [0.4, 0.5) is 4.79 Å². The van der Waals surface area contributed by atoms with Gasteiger partial charge >= 0.3 is 6.03 Å². The van der Waals surface area contributed by atoms with Crippen LogP contribution in [0.5, 0.6) is 0 Å². The highest BCUT2D eigenvalue weighted by Crippen LogP contribution is 2.01. The summed E-state index contributed by atoms with van der Waals surface area (Å²) in [6.07, 6.45) is 0.608. The summed E-state index contributed by atoms with van der Waals surface area (Å²) in [5.41, 5.74) is 0. The Morgan fingerprint density at radius 2 is 1.44 bits per heavy atom. The molecule has 0 N–H and O–H groups in total. The fourth-order valence-electron chi connectivity index (χ4n) is 1.37. The SMILES string of the molecule is CCN(CC)C(=O)N(CCC#N)CCC#N. The van der Waals surface area contributed by atoms with Gasteiger partial charge in [0.1, 0.15) is 0 Å². The molecule has 5 heteroatoms. The van der Waals surface area contributed by atoms with Gasteiger partial charge in [-0.2, -0.15) is 10.5 Å². The molecule has 0 bridgehead atoms. The second-order valence-corrected chi connectivity index (χ2v) is 3.26. The van der Waals surface area contributed by atoms with E-state index in [1.807, 2.05) is 26.0 Å². The van der Waals surface area contributed by atoms with Crippen molar-refractivity contribution in [3.05, 3.63) is 0 Å². The van der Waals surface area contributed by atoms with E-state index in [9.17, 15) is 4.79 Å². The predicted octanol–water partition coefficient (Wildman–Crippen LogP) is 1.58. The van der Waals surface area contributed by atoms with E-state index in [0.29, 0.717) is 39.0 Å². The molecule has 0 aliphatic heterocycles. The standard InChI is InChI=1S/C11H18N4O/c1-3-14(4-2)11(16)15(9-5-7-12)10-6-8-13/h3-6,9-10H2,1-2H3. The smallest absolute Gasteiger partial charge is 0.320 e. The zero-order chi connectivity index (χ0) is 12.4. The highest BCUT2D eigenvalue weighted by molar-refractivity contribution is 5.74. The first-order chi connectivity index (χ1) is 7.71. The number of carbonyl (C=O) groups excluding carboxylic acids is 1. The van der Waals surface area contributed by atoms with E-state index in [0.717, 1.165) is 0 Å². The van der Waals surface area contributed by atoms with E-state index in [1.54, 1.807) is 9.80 Å². The van der Waals surface area contributed by atoms with Crippen LogP contribution in [-0.2, 0) is 0 Å². The van der Waals surface area contributed by atoms with Gasteiger partial charge in [0, 0.05) is 26.2 Å². The summed E-state index contributed by atoms with van der Waals surface area (Å²) >= 11 is 0. The van der Waals surface area contributed by atoms with E-state index >= 15 is 0 Å². The van der Waals surface area contributed by atoms with Gasteiger partial charge in [-0.25, -0.2) is 4.79 Å². The van der Waals surface area contributed by atoms with Crippen LogP contribution in [0.3, 0.4) is 0 Å². The molecule has 0 radical (unpaired) electrons. The lowest BCUT2D eigenvalue weighted by Crippen LogP contribution is -2.43. The van der Waals surface area contributed by atoms with Crippen molar-refractivity contribution in [2.45, 2.75) is 26.7 Å². The molecule has 16 heavy (non-hydrogen) atoms. The maximum atomic E-state index is 12.0. The fourth-order valence-corrected chi connectivity index (χ4v) is 1.37. The average molecular weight is 222 g/mol. The lowest BCUT2D eigenvalue weighted by molar-refractivity contribution is 0.159. The minimum atomic E-state index is -0.0875. The Morgan fingerprint density at radius 3 is 1.75 bits per heavy atom. The Bertz CT molecular complexity index is 267. The van der Waals surface area contributed by atoms with Crippen molar-refractivity contribution in [2.24, 2.45) is 0 Å². The third-order valence-electron chi connectivity index (χ3n) is 2.29. The zero-order valence-corrected chi connectivity index (χ0v) is 9.94. The summed E-state index contributed by atoms with van der Waals surface area (Å²) in [7, 11) is 0. The number of nitrogens with zero attached hydrogens (tertiary/aromatic N) is 4.